The third kappa shape index (κ3) is 3.02. The lowest BCUT2D eigenvalue weighted by atomic mass is 9.95. The molecule has 2 atom stereocenters. The zero-order valence-corrected chi connectivity index (χ0v) is 16.7. The van der Waals surface area contributed by atoms with Crippen LogP contribution in [0.25, 0.3) is 11.3 Å². The Morgan fingerprint density at radius 2 is 2.13 bits per heavy atom. The SMILES string of the molecule is COc1cccc([C@@H]2c3c(-c4ccccc4O)n[nH]c3C(=O)N2C[C@H]2CCCO2)c1. The fourth-order valence-electron chi connectivity index (χ4n) is 4.43. The number of fused-ring (bicyclic) bond motifs is 1. The number of phenols is 1. The Bertz CT molecular complexity index is 1090. The van der Waals surface area contributed by atoms with Crippen molar-refractivity contribution >= 4 is 5.91 Å². The van der Waals surface area contributed by atoms with Crippen LogP contribution >= 0.6 is 0 Å². The Balaban J connectivity index is 1.65. The van der Waals surface area contributed by atoms with Gasteiger partial charge in [0.2, 0.25) is 0 Å². The predicted octanol–water partition coefficient (Wildman–Crippen LogP) is 3.52. The summed E-state index contributed by atoms with van der Waals surface area (Å²) in [5.74, 6) is 0.738. The third-order valence-electron chi connectivity index (χ3n) is 5.86. The van der Waals surface area contributed by atoms with Crippen molar-refractivity contribution in [3.63, 3.8) is 0 Å². The van der Waals surface area contributed by atoms with E-state index in [1.54, 1.807) is 19.2 Å². The topological polar surface area (TPSA) is 87.7 Å². The number of hydrogen-bond acceptors (Lipinski definition) is 5. The Morgan fingerprint density at radius 1 is 1.27 bits per heavy atom. The number of carbonyl (C=O) groups is 1. The van der Waals surface area contributed by atoms with E-state index in [2.05, 4.69) is 10.2 Å². The number of aromatic hydroxyl groups is 1. The van der Waals surface area contributed by atoms with E-state index >= 15 is 0 Å². The first kappa shape index (κ1) is 18.7. The molecule has 7 nitrogen and oxygen atoms in total. The largest absolute Gasteiger partial charge is 0.507 e. The van der Waals surface area contributed by atoms with Crippen LogP contribution in [-0.4, -0.2) is 52.5 Å². The number of aromatic amines is 1. The molecule has 1 fully saturated rings. The van der Waals surface area contributed by atoms with Crippen LogP contribution in [0.4, 0.5) is 0 Å². The summed E-state index contributed by atoms with van der Waals surface area (Å²) in [5, 5.41) is 17.8. The molecule has 3 aromatic rings. The second kappa shape index (κ2) is 7.50. The highest BCUT2D eigenvalue weighted by Crippen LogP contribution is 2.45. The number of rotatable bonds is 5. The van der Waals surface area contributed by atoms with E-state index < -0.39 is 0 Å². The van der Waals surface area contributed by atoms with Crippen LogP contribution in [0.15, 0.2) is 48.5 Å². The number of nitrogens with zero attached hydrogens (tertiary/aromatic N) is 2. The molecule has 2 aromatic carbocycles. The van der Waals surface area contributed by atoms with Gasteiger partial charge in [-0.15, -0.1) is 0 Å². The molecule has 1 saturated heterocycles. The maximum Gasteiger partial charge on any atom is 0.273 e. The summed E-state index contributed by atoms with van der Waals surface area (Å²) in [6, 6.07) is 14.4. The Morgan fingerprint density at radius 3 is 2.90 bits per heavy atom. The van der Waals surface area contributed by atoms with Crippen LogP contribution in [0.1, 0.15) is 40.5 Å². The van der Waals surface area contributed by atoms with Gasteiger partial charge in [0.1, 0.15) is 22.9 Å². The minimum Gasteiger partial charge on any atom is -0.507 e. The minimum atomic E-state index is -0.347. The molecule has 2 N–H and O–H groups in total. The van der Waals surface area contributed by atoms with Crippen molar-refractivity contribution in [2.45, 2.75) is 25.0 Å². The van der Waals surface area contributed by atoms with E-state index in [0.29, 0.717) is 23.5 Å². The lowest BCUT2D eigenvalue weighted by Gasteiger charge is -2.28. The van der Waals surface area contributed by atoms with E-state index in [1.807, 2.05) is 41.3 Å². The van der Waals surface area contributed by atoms with Gasteiger partial charge in [0.25, 0.3) is 5.91 Å². The number of para-hydroxylation sites is 1. The summed E-state index contributed by atoms with van der Waals surface area (Å²) in [5.41, 5.74) is 3.33. The maximum atomic E-state index is 13.4. The van der Waals surface area contributed by atoms with E-state index in [9.17, 15) is 9.90 Å². The van der Waals surface area contributed by atoms with Crippen molar-refractivity contribution in [1.82, 2.24) is 15.1 Å². The number of phenolic OH excluding ortho intramolecular Hbond substituents is 1. The van der Waals surface area contributed by atoms with Crippen LogP contribution in [0, 0.1) is 0 Å². The highest BCUT2D eigenvalue weighted by molar-refractivity contribution is 6.00. The number of amides is 1. The second-order valence-corrected chi connectivity index (χ2v) is 7.65. The molecule has 154 valence electrons. The number of carbonyl (C=O) groups excluding carboxylic acids is 1. The van der Waals surface area contributed by atoms with Gasteiger partial charge < -0.3 is 19.5 Å². The quantitative estimate of drug-likeness (QED) is 0.678. The van der Waals surface area contributed by atoms with Gasteiger partial charge in [-0.25, -0.2) is 0 Å². The van der Waals surface area contributed by atoms with Crippen LogP contribution in [0.5, 0.6) is 11.5 Å². The first-order valence-electron chi connectivity index (χ1n) is 10.1. The molecule has 1 amide bonds. The summed E-state index contributed by atoms with van der Waals surface area (Å²) < 4.78 is 11.2. The molecule has 7 heteroatoms. The highest BCUT2D eigenvalue weighted by atomic mass is 16.5. The maximum absolute atomic E-state index is 13.4. The summed E-state index contributed by atoms with van der Waals surface area (Å²) >= 11 is 0. The standard InChI is InChI=1S/C23H23N3O4/c1-29-15-7-4-6-14(12-15)22-19-20(17-9-2-3-10-18(17)27)24-25-21(19)23(28)26(22)13-16-8-5-11-30-16/h2-4,6-7,9-10,12,16,22,27H,5,8,11,13H2,1H3,(H,24,25)/t16-,22-/m1/s1. The second-order valence-electron chi connectivity index (χ2n) is 7.65. The fourth-order valence-corrected chi connectivity index (χ4v) is 4.43. The van der Waals surface area contributed by atoms with Gasteiger partial charge in [0.15, 0.2) is 0 Å². The lowest BCUT2D eigenvalue weighted by molar-refractivity contribution is 0.0495. The number of aromatic nitrogens is 2. The predicted molar refractivity (Wildman–Crippen MR) is 111 cm³/mol. The third-order valence-corrected chi connectivity index (χ3v) is 5.86. The molecule has 0 unspecified atom stereocenters. The molecule has 30 heavy (non-hydrogen) atoms. The van der Waals surface area contributed by atoms with Gasteiger partial charge in [-0.3, -0.25) is 9.89 Å². The molecule has 0 saturated carbocycles. The average Bonchev–Trinajstić information content (AvgIpc) is 3.48. The van der Waals surface area contributed by atoms with Gasteiger partial charge in [-0.1, -0.05) is 24.3 Å². The first-order valence-corrected chi connectivity index (χ1v) is 10.1. The first-order chi connectivity index (χ1) is 14.7. The van der Waals surface area contributed by atoms with E-state index in [4.69, 9.17) is 9.47 Å². The number of benzene rings is 2. The van der Waals surface area contributed by atoms with Crippen LogP contribution in [-0.2, 0) is 4.74 Å². The number of H-pyrrole nitrogens is 1. The number of hydrogen-bond donors (Lipinski definition) is 2. The average molecular weight is 405 g/mol. The van der Waals surface area contributed by atoms with Crippen LogP contribution < -0.4 is 4.74 Å². The zero-order valence-electron chi connectivity index (χ0n) is 16.7. The fraction of sp³-hybridized carbons (Fsp3) is 0.304. The van der Waals surface area contributed by atoms with Crippen molar-refractivity contribution in [1.29, 1.82) is 0 Å². The molecule has 0 radical (unpaired) electrons. The van der Waals surface area contributed by atoms with Crippen molar-refractivity contribution < 1.29 is 19.4 Å². The molecule has 0 spiro atoms. The molecule has 0 aliphatic carbocycles. The van der Waals surface area contributed by atoms with Crippen LogP contribution in [0.3, 0.4) is 0 Å². The normalized spacial score (nSPS) is 20.6. The van der Waals surface area contributed by atoms with E-state index in [-0.39, 0.29) is 23.8 Å². The van der Waals surface area contributed by atoms with Gasteiger partial charge in [0.05, 0.1) is 19.3 Å². The lowest BCUT2D eigenvalue weighted by Crippen LogP contribution is -2.36. The van der Waals surface area contributed by atoms with Gasteiger partial charge >= 0.3 is 0 Å². The molecular weight excluding hydrogens is 382 g/mol. The summed E-state index contributed by atoms with van der Waals surface area (Å²) in [6.45, 7) is 1.23. The molecule has 3 heterocycles. The summed E-state index contributed by atoms with van der Waals surface area (Å²) in [4.78, 5) is 15.2. The number of methoxy groups -OCH3 is 1. The Labute approximate surface area is 174 Å². The zero-order chi connectivity index (χ0) is 20.7. The van der Waals surface area contributed by atoms with Gasteiger partial charge in [0, 0.05) is 24.3 Å². The van der Waals surface area contributed by atoms with Crippen molar-refractivity contribution in [3.8, 4) is 22.8 Å². The van der Waals surface area contributed by atoms with Crippen molar-refractivity contribution in [3.05, 3.63) is 65.4 Å². The molecule has 2 aliphatic heterocycles. The minimum absolute atomic E-state index is 0.0209. The highest BCUT2D eigenvalue weighted by Gasteiger charge is 2.43. The van der Waals surface area contributed by atoms with Crippen molar-refractivity contribution in [2.24, 2.45) is 0 Å². The Kier molecular flexibility index (Phi) is 4.67. The number of nitrogens with one attached hydrogen (secondary N) is 1. The van der Waals surface area contributed by atoms with Gasteiger partial charge in [-0.2, -0.15) is 5.10 Å². The van der Waals surface area contributed by atoms with Crippen LogP contribution in [0.2, 0.25) is 0 Å². The summed E-state index contributed by atoms with van der Waals surface area (Å²) in [7, 11) is 1.62. The summed E-state index contributed by atoms with van der Waals surface area (Å²) in [6.07, 6.45) is 1.97. The molecule has 5 rings (SSSR count). The molecule has 2 aliphatic rings. The molecule has 1 aromatic heterocycles. The smallest absolute Gasteiger partial charge is 0.273 e. The van der Waals surface area contributed by atoms with Crippen molar-refractivity contribution in [2.75, 3.05) is 20.3 Å². The van der Waals surface area contributed by atoms with Gasteiger partial charge in [-0.05, 0) is 42.7 Å². The Hall–Kier alpha value is -3.32. The molecular formula is C23H23N3O4. The van der Waals surface area contributed by atoms with E-state index in [1.165, 1.54) is 0 Å². The molecule has 0 bridgehead atoms. The monoisotopic (exact) mass is 405 g/mol. The van der Waals surface area contributed by atoms with E-state index in [0.717, 1.165) is 36.3 Å². The number of ether oxygens (including phenoxy) is 2.